The Balaban J connectivity index is -0.000000209. The molecular weight excluding hydrogens is 1130 g/mol. The van der Waals surface area contributed by atoms with Crippen molar-refractivity contribution in [1.29, 1.82) is 0 Å². The Kier molecular flexibility index (Phi) is 56.4. The number of nitrogens with one attached hydrogen (secondary N) is 1. The van der Waals surface area contributed by atoms with Crippen LogP contribution in [0.5, 0.6) is 0 Å². The van der Waals surface area contributed by atoms with Gasteiger partial charge in [-0.3, -0.25) is 4.89 Å². The number of carboxylic acid groups (broad SMARTS) is 2. The van der Waals surface area contributed by atoms with E-state index in [0.29, 0.717) is 11.1 Å². The van der Waals surface area contributed by atoms with Gasteiger partial charge in [-0.15, -0.1) is 46.4 Å². The van der Waals surface area contributed by atoms with E-state index in [1.54, 1.807) is 72.8 Å². The fraction of sp³-hybridized carbons (Fsp3) is 0.338. The molecule has 15 heteroatoms. The van der Waals surface area contributed by atoms with Crippen molar-refractivity contribution in [2.45, 2.75) is 111 Å². The molecule has 7 rings (SSSR count). The molecule has 0 saturated heterocycles. The monoisotopic (exact) mass is 1220 g/mol. The number of nitrogens with zero attached hydrogens (tertiary/aromatic N) is 2. The molecule has 0 bridgehead atoms. The fourth-order valence-corrected chi connectivity index (χ4v) is 6.91. The number of carbonyl (C=O) groups is 3. The van der Waals surface area contributed by atoms with E-state index in [4.69, 9.17) is 56.4 Å². The summed E-state index contributed by atoms with van der Waals surface area (Å²) in [6.07, 6.45) is 3.86. The van der Waals surface area contributed by atoms with Crippen molar-refractivity contribution in [3.05, 3.63) is 235 Å². The Bertz CT molecular complexity index is 2360. The third-order valence-electron chi connectivity index (χ3n) is 10.2. The molecule has 0 aliphatic rings. The first-order valence-electron chi connectivity index (χ1n) is 25.7. The van der Waals surface area contributed by atoms with Crippen molar-refractivity contribution in [2.24, 2.45) is 0 Å². The second-order valence-electron chi connectivity index (χ2n) is 17.7. The third kappa shape index (κ3) is 47.8. The van der Waals surface area contributed by atoms with Crippen LogP contribution in [0.15, 0.2) is 212 Å². The van der Waals surface area contributed by atoms with Crippen molar-refractivity contribution in [3.8, 4) is 0 Å². The highest BCUT2D eigenvalue weighted by atomic mass is 35.5. The van der Waals surface area contributed by atoms with Gasteiger partial charge in [-0.1, -0.05) is 195 Å². The van der Waals surface area contributed by atoms with Crippen LogP contribution in [-0.4, -0.2) is 86.8 Å². The van der Waals surface area contributed by atoms with Gasteiger partial charge in [0.2, 0.25) is 0 Å². The minimum absolute atomic E-state index is 0. The van der Waals surface area contributed by atoms with Crippen LogP contribution in [0.2, 0.25) is 0 Å². The predicted molar refractivity (Wildman–Crippen MR) is 357 cm³/mol. The summed E-state index contributed by atoms with van der Waals surface area (Å²) in [6, 6.07) is 65.2. The molecule has 0 spiro atoms. The van der Waals surface area contributed by atoms with Crippen LogP contribution in [0.25, 0.3) is 0 Å². The van der Waals surface area contributed by atoms with Gasteiger partial charge in [0.1, 0.15) is 12.3 Å². The van der Waals surface area contributed by atoms with E-state index >= 15 is 0 Å². The van der Waals surface area contributed by atoms with E-state index < -0.39 is 17.9 Å². The molecule has 0 aromatic heterocycles. The summed E-state index contributed by atoms with van der Waals surface area (Å²) >= 11 is 22.9. The molecule has 7 aromatic carbocycles. The first kappa shape index (κ1) is 85.4. The summed E-state index contributed by atoms with van der Waals surface area (Å²) in [4.78, 5) is 46.5. The van der Waals surface area contributed by atoms with E-state index in [2.05, 4.69) is 96.2 Å². The van der Waals surface area contributed by atoms with E-state index in [9.17, 15) is 19.5 Å². The molecular formula is C68H98Cl4N3O8+. The molecule has 0 saturated carbocycles. The molecule has 11 nitrogen and oxygen atoms in total. The zero-order valence-corrected chi connectivity index (χ0v) is 50.3. The number of carboxylic acids is 2. The molecule has 0 amide bonds. The molecule has 0 radical (unpaired) electrons. The van der Waals surface area contributed by atoms with Gasteiger partial charge in [0.05, 0.1) is 31.2 Å². The SMILES string of the molecule is C.C.C.C.CCC(Cl)CC(C)Cl.CCC(Cl)CC(C)Cl.CN(C)c1ccccc1.CN(C)c1ccccc1.C[NH+](C)c1ccccc1.O=C(O)c1ccccc1.O=C(OOOCc1ccccc1)c1ccccc1.O=C([O-])c1ccccc1.[H+]. The molecule has 7 aromatic rings. The Morgan fingerprint density at radius 2 is 0.807 bits per heavy atom. The Labute approximate surface area is 522 Å². The number of hydrogen-bond acceptors (Lipinski definition) is 9. The Morgan fingerprint density at radius 1 is 0.506 bits per heavy atom. The predicted octanol–water partition coefficient (Wildman–Crippen LogP) is 17.0. The largest absolute Gasteiger partial charge is 1.00 e. The molecule has 0 aliphatic heterocycles. The average molecular weight is 1230 g/mol. The third-order valence-corrected chi connectivity index (χ3v) is 11.5. The maximum atomic E-state index is 11.4. The molecule has 4 atom stereocenters. The number of alkyl halides is 4. The van der Waals surface area contributed by atoms with Crippen LogP contribution in [0.3, 0.4) is 0 Å². The summed E-state index contributed by atoms with van der Waals surface area (Å²) in [5, 5.41) is 23.9. The number of anilines is 2. The van der Waals surface area contributed by atoms with Gasteiger partial charge in [0, 0.05) is 61.1 Å². The highest BCUT2D eigenvalue weighted by Gasteiger charge is 2.08. The Hall–Kier alpha value is -6.41. The minimum atomic E-state index is -1.13. The normalized spacial score (nSPS) is 10.6. The summed E-state index contributed by atoms with van der Waals surface area (Å²) in [5.41, 5.74) is 5.71. The maximum Gasteiger partial charge on any atom is 1.00 e. The number of halogens is 4. The van der Waals surface area contributed by atoms with Crippen LogP contribution >= 0.6 is 46.4 Å². The van der Waals surface area contributed by atoms with Crippen molar-refractivity contribution in [3.63, 3.8) is 0 Å². The quantitative estimate of drug-likeness (QED) is 0.0417. The summed E-state index contributed by atoms with van der Waals surface area (Å²) in [5.74, 6) is -2.60. The van der Waals surface area contributed by atoms with Gasteiger partial charge in [-0.25, -0.2) is 9.59 Å². The number of carbonyl (C=O) groups excluding carboxylic acids is 2. The molecule has 2 N–H and O–H groups in total. The first-order chi connectivity index (χ1) is 37.7. The standard InChI is InChI=1S/C14H12O4.3C8H11N.2C7H6O2.2C6H12Cl2.4CH4/c15-14(13-9-5-2-6-10-13)17-18-16-11-12-7-3-1-4-8-12;3*1-9(2)8-6-4-3-5-7-8;2*8-7(9)6-4-2-1-3-5-6;2*1-3-6(8)4-5(2)7;;;;/h1-10H,11H2;3*3-7H,1-2H3;2*1-5H,(H,8,9);2*5-6H,3-4H2,1-2H3;4*1H4/p+1. The zero-order chi connectivity index (χ0) is 59.2. The lowest BCUT2D eigenvalue weighted by atomic mass is 10.2. The lowest BCUT2D eigenvalue weighted by molar-refractivity contribution is -0.786. The lowest BCUT2D eigenvalue weighted by Gasteiger charge is -2.10. The highest BCUT2D eigenvalue weighted by molar-refractivity contribution is 6.23. The number of rotatable bonds is 16. The van der Waals surface area contributed by atoms with Crippen LogP contribution in [-0.2, 0) is 21.4 Å². The molecule has 0 fully saturated rings. The van der Waals surface area contributed by atoms with Crippen molar-refractivity contribution < 1.29 is 45.7 Å². The molecule has 4 unspecified atom stereocenters. The zero-order valence-electron chi connectivity index (χ0n) is 48.3. The highest BCUT2D eigenvalue weighted by Crippen LogP contribution is 2.14. The first-order valence-corrected chi connectivity index (χ1v) is 27.5. The van der Waals surface area contributed by atoms with E-state index in [-0.39, 0.29) is 64.8 Å². The second-order valence-corrected chi connectivity index (χ2v) is 20.5. The van der Waals surface area contributed by atoms with E-state index in [1.807, 2.05) is 121 Å². The van der Waals surface area contributed by atoms with Crippen molar-refractivity contribution >= 4 is 81.4 Å². The summed E-state index contributed by atoms with van der Waals surface area (Å²) in [7, 11) is 12.4. The van der Waals surface area contributed by atoms with Crippen LogP contribution in [0, 0.1) is 0 Å². The topological polar surface area (TPSA) is 133 Å². The van der Waals surface area contributed by atoms with Gasteiger partial charge in [-0.2, -0.15) is 4.89 Å². The van der Waals surface area contributed by atoms with Gasteiger partial charge >= 0.3 is 13.4 Å². The number of hydrogen-bond donors (Lipinski definition) is 2. The maximum absolute atomic E-state index is 11.4. The molecule has 460 valence electrons. The van der Waals surface area contributed by atoms with Gasteiger partial charge < -0.3 is 29.7 Å². The van der Waals surface area contributed by atoms with Crippen LogP contribution in [0.4, 0.5) is 17.1 Å². The number of aromatic carboxylic acids is 2. The number of benzene rings is 7. The molecule has 0 aliphatic carbocycles. The summed E-state index contributed by atoms with van der Waals surface area (Å²) < 4.78 is 0. The van der Waals surface area contributed by atoms with Crippen molar-refractivity contribution in [1.82, 2.24) is 0 Å². The molecule has 0 heterocycles. The Morgan fingerprint density at radius 3 is 1.04 bits per heavy atom. The lowest BCUT2D eigenvalue weighted by Crippen LogP contribution is -3.00. The van der Waals surface area contributed by atoms with E-state index in [0.717, 1.165) is 31.2 Å². The van der Waals surface area contributed by atoms with Gasteiger partial charge in [-0.05, 0) is 116 Å². The second kappa shape index (κ2) is 54.8. The van der Waals surface area contributed by atoms with Gasteiger partial charge in [0.15, 0.2) is 0 Å². The number of quaternary nitrogens is 1. The van der Waals surface area contributed by atoms with Gasteiger partial charge in [0.25, 0.3) is 0 Å². The smallest absolute Gasteiger partial charge is 0.545 e. The fourth-order valence-electron chi connectivity index (χ4n) is 5.76. The van der Waals surface area contributed by atoms with Crippen LogP contribution in [0.1, 0.15) is 121 Å². The average Bonchev–Trinajstić information content (AvgIpc) is 3.47. The van der Waals surface area contributed by atoms with Crippen LogP contribution < -0.4 is 19.8 Å². The number of para-hydroxylation sites is 3. The summed E-state index contributed by atoms with van der Waals surface area (Å²) in [6.45, 7) is 8.27. The van der Waals surface area contributed by atoms with E-state index in [1.165, 1.54) is 34.1 Å². The van der Waals surface area contributed by atoms with Crippen molar-refractivity contribution in [2.75, 3.05) is 52.1 Å². The minimum Gasteiger partial charge on any atom is -0.545 e. The molecule has 83 heavy (non-hydrogen) atoms.